The van der Waals surface area contributed by atoms with Gasteiger partial charge in [-0.3, -0.25) is 4.79 Å². The molecule has 2 saturated carbocycles. The number of carboxylic acids is 1. The Morgan fingerprint density at radius 3 is 2.50 bits per heavy atom. The van der Waals surface area contributed by atoms with Crippen molar-refractivity contribution in [3.05, 3.63) is 0 Å². The van der Waals surface area contributed by atoms with Crippen LogP contribution in [0.2, 0.25) is 0 Å². The average Bonchev–Trinajstić information content (AvgIpc) is 3.17. The number of carbonyl (C=O) groups is 2. The van der Waals surface area contributed by atoms with Crippen LogP contribution >= 0.6 is 0 Å². The molecule has 5 heteroatoms. The molecule has 0 atom stereocenters. The summed E-state index contributed by atoms with van der Waals surface area (Å²) in [5, 5.41) is 11.6. The fourth-order valence-corrected chi connectivity index (χ4v) is 2.58. The number of rotatable bonds is 7. The number of nitrogens with zero attached hydrogens (tertiary/aromatic N) is 1. The molecule has 18 heavy (non-hydrogen) atoms. The zero-order chi connectivity index (χ0) is 13.2. The highest BCUT2D eigenvalue weighted by atomic mass is 16.4. The predicted molar refractivity (Wildman–Crippen MR) is 67.3 cm³/mol. The van der Waals surface area contributed by atoms with E-state index >= 15 is 0 Å². The number of hydrogen-bond acceptors (Lipinski definition) is 2. The van der Waals surface area contributed by atoms with E-state index in [1.54, 1.807) is 4.90 Å². The molecule has 2 aliphatic carbocycles. The first kappa shape index (κ1) is 13.2. The quantitative estimate of drug-likeness (QED) is 0.726. The van der Waals surface area contributed by atoms with E-state index in [1.807, 2.05) is 6.92 Å². The van der Waals surface area contributed by atoms with Crippen LogP contribution in [0.5, 0.6) is 0 Å². The molecule has 0 saturated heterocycles. The molecule has 0 unspecified atom stereocenters. The lowest BCUT2D eigenvalue weighted by molar-refractivity contribution is -0.137. The lowest BCUT2D eigenvalue weighted by Gasteiger charge is -2.23. The molecule has 0 aromatic heterocycles. The van der Waals surface area contributed by atoms with Crippen molar-refractivity contribution in [2.75, 3.05) is 19.6 Å². The molecule has 0 aromatic rings. The summed E-state index contributed by atoms with van der Waals surface area (Å²) in [6, 6.07) is -0.120. The zero-order valence-electron chi connectivity index (χ0n) is 10.9. The van der Waals surface area contributed by atoms with Crippen LogP contribution in [0.1, 0.15) is 39.0 Å². The van der Waals surface area contributed by atoms with Crippen LogP contribution in [0.15, 0.2) is 0 Å². The first-order valence-electron chi connectivity index (χ1n) is 6.82. The van der Waals surface area contributed by atoms with Gasteiger partial charge >= 0.3 is 12.0 Å². The lowest BCUT2D eigenvalue weighted by atomic mass is 10.0. The summed E-state index contributed by atoms with van der Waals surface area (Å²) in [5.41, 5.74) is 0.391. The molecule has 0 heterocycles. The Morgan fingerprint density at radius 2 is 2.06 bits per heavy atom. The first-order valence-corrected chi connectivity index (χ1v) is 6.82. The van der Waals surface area contributed by atoms with Crippen LogP contribution in [-0.4, -0.2) is 41.6 Å². The van der Waals surface area contributed by atoms with Crippen LogP contribution in [0.3, 0.4) is 0 Å². The molecule has 0 bridgehead atoms. The minimum Gasteiger partial charge on any atom is -0.481 e. The third-order valence-corrected chi connectivity index (χ3v) is 4.19. The van der Waals surface area contributed by atoms with E-state index in [2.05, 4.69) is 5.32 Å². The maximum absolute atomic E-state index is 11.9. The maximum atomic E-state index is 11.9. The Kier molecular flexibility index (Phi) is 3.78. The molecule has 2 aliphatic rings. The molecule has 0 spiro atoms. The highest BCUT2D eigenvalue weighted by Crippen LogP contribution is 2.60. The Labute approximate surface area is 108 Å². The average molecular weight is 254 g/mol. The third kappa shape index (κ3) is 3.15. The SMILES string of the molecule is CCN(CCC(=O)O)C(=O)NCC1(C2CC2)CC1. The number of urea groups is 1. The fourth-order valence-electron chi connectivity index (χ4n) is 2.58. The van der Waals surface area contributed by atoms with Gasteiger partial charge in [-0.05, 0) is 43.9 Å². The van der Waals surface area contributed by atoms with Crippen molar-refractivity contribution in [1.29, 1.82) is 0 Å². The van der Waals surface area contributed by atoms with Gasteiger partial charge in [-0.25, -0.2) is 4.79 Å². The zero-order valence-corrected chi connectivity index (χ0v) is 10.9. The van der Waals surface area contributed by atoms with Gasteiger partial charge in [0.15, 0.2) is 0 Å². The molecule has 2 amide bonds. The Bertz CT molecular complexity index is 335. The van der Waals surface area contributed by atoms with E-state index < -0.39 is 5.97 Å². The topological polar surface area (TPSA) is 69.6 Å². The summed E-state index contributed by atoms with van der Waals surface area (Å²) in [6.07, 6.45) is 5.10. The molecular weight excluding hydrogens is 232 g/mol. The van der Waals surface area contributed by atoms with E-state index in [0.717, 1.165) is 12.5 Å². The van der Waals surface area contributed by atoms with Crippen molar-refractivity contribution in [2.24, 2.45) is 11.3 Å². The van der Waals surface area contributed by atoms with Gasteiger partial charge in [-0.1, -0.05) is 0 Å². The first-order chi connectivity index (χ1) is 8.57. The second-order valence-corrected chi connectivity index (χ2v) is 5.52. The molecule has 0 aliphatic heterocycles. The summed E-state index contributed by atoms with van der Waals surface area (Å²) < 4.78 is 0. The molecule has 2 fully saturated rings. The van der Waals surface area contributed by atoms with E-state index in [9.17, 15) is 9.59 Å². The van der Waals surface area contributed by atoms with Gasteiger partial charge in [0.25, 0.3) is 0 Å². The van der Waals surface area contributed by atoms with Gasteiger partial charge < -0.3 is 15.3 Å². The van der Waals surface area contributed by atoms with Gasteiger partial charge in [0.05, 0.1) is 6.42 Å². The van der Waals surface area contributed by atoms with Crippen LogP contribution in [0, 0.1) is 11.3 Å². The van der Waals surface area contributed by atoms with Crippen LogP contribution in [0.25, 0.3) is 0 Å². The summed E-state index contributed by atoms with van der Waals surface area (Å²) >= 11 is 0. The molecule has 2 N–H and O–H groups in total. The number of carboxylic acid groups (broad SMARTS) is 1. The number of amides is 2. The van der Waals surface area contributed by atoms with Gasteiger partial charge in [0.1, 0.15) is 0 Å². The second-order valence-electron chi connectivity index (χ2n) is 5.52. The minimum absolute atomic E-state index is 0.00896. The summed E-state index contributed by atoms with van der Waals surface area (Å²) in [7, 11) is 0. The van der Waals surface area contributed by atoms with E-state index in [4.69, 9.17) is 5.11 Å². The highest BCUT2D eigenvalue weighted by Gasteiger charge is 2.53. The largest absolute Gasteiger partial charge is 0.481 e. The number of hydrogen-bond donors (Lipinski definition) is 2. The van der Waals surface area contributed by atoms with E-state index in [1.165, 1.54) is 25.7 Å². The summed E-state index contributed by atoms with van der Waals surface area (Å²) in [5.74, 6) is -0.0372. The van der Waals surface area contributed by atoms with Crippen molar-refractivity contribution in [3.63, 3.8) is 0 Å². The van der Waals surface area contributed by atoms with Crippen LogP contribution in [-0.2, 0) is 4.79 Å². The standard InChI is InChI=1S/C13H22N2O3/c1-2-15(8-5-11(16)17)12(18)14-9-13(6-7-13)10-3-4-10/h10H,2-9H2,1H3,(H,14,18)(H,16,17). The van der Waals surface area contributed by atoms with Crippen molar-refractivity contribution < 1.29 is 14.7 Å². The molecule has 0 aromatic carbocycles. The summed E-state index contributed by atoms with van der Waals surface area (Å²) in [6.45, 7) is 3.47. The Morgan fingerprint density at radius 1 is 1.39 bits per heavy atom. The fraction of sp³-hybridized carbons (Fsp3) is 0.846. The smallest absolute Gasteiger partial charge is 0.317 e. The van der Waals surface area contributed by atoms with Crippen molar-refractivity contribution in [2.45, 2.75) is 39.0 Å². The third-order valence-electron chi connectivity index (χ3n) is 4.19. The van der Waals surface area contributed by atoms with E-state index in [-0.39, 0.29) is 19.0 Å². The van der Waals surface area contributed by atoms with Gasteiger partial charge in [0.2, 0.25) is 0 Å². The number of aliphatic carboxylic acids is 1. The second kappa shape index (κ2) is 5.16. The molecule has 102 valence electrons. The monoisotopic (exact) mass is 254 g/mol. The van der Waals surface area contributed by atoms with Gasteiger partial charge in [0, 0.05) is 19.6 Å². The number of carbonyl (C=O) groups excluding carboxylic acids is 1. The Balaban J connectivity index is 1.73. The van der Waals surface area contributed by atoms with Crippen molar-refractivity contribution >= 4 is 12.0 Å². The predicted octanol–water partition coefficient (Wildman–Crippen LogP) is 1.68. The normalized spacial score (nSPS) is 20.3. The van der Waals surface area contributed by atoms with Gasteiger partial charge in [-0.15, -0.1) is 0 Å². The molecule has 5 nitrogen and oxygen atoms in total. The van der Waals surface area contributed by atoms with E-state index in [0.29, 0.717) is 12.0 Å². The van der Waals surface area contributed by atoms with Crippen molar-refractivity contribution in [3.8, 4) is 0 Å². The Hall–Kier alpha value is -1.26. The summed E-state index contributed by atoms with van der Waals surface area (Å²) in [4.78, 5) is 24.0. The molecular formula is C13H22N2O3. The minimum atomic E-state index is -0.863. The van der Waals surface area contributed by atoms with Crippen molar-refractivity contribution in [1.82, 2.24) is 10.2 Å². The number of nitrogens with one attached hydrogen (secondary N) is 1. The maximum Gasteiger partial charge on any atom is 0.317 e. The van der Waals surface area contributed by atoms with Crippen LogP contribution in [0.4, 0.5) is 4.79 Å². The lowest BCUT2D eigenvalue weighted by Crippen LogP contribution is -2.43. The molecule has 0 radical (unpaired) electrons. The highest BCUT2D eigenvalue weighted by molar-refractivity contribution is 5.75. The van der Waals surface area contributed by atoms with Crippen LogP contribution < -0.4 is 5.32 Å². The molecule has 2 rings (SSSR count). The van der Waals surface area contributed by atoms with Gasteiger partial charge in [-0.2, -0.15) is 0 Å².